The van der Waals surface area contributed by atoms with E-state index in [1.807, 2.05) is 22.8 Å². The zero-order valence-electron chi connectivity index (χ0n) is 14.1. The molecule has 7 heteroatoms. The Hall–Kier alpha value is -2.15. The van der Waals surface area contributed by atoms with Gasteiger partial charge in [0.1, 0.15) is 11.9 Å². The first-order valence-electron chi connectivity index (χ1n) is 8.17. The van der Waals surface area contributed by atoms with Crippen molar-refractivity contribution < 1.29 is 4.74 Å². The van der Waals surface area contributed by atoms with Gasteiger partial charge in [0, 0.05) is 30.8 Å². The van der Waals surface area contributed by atoms with Gasteiger partial charge in [0.25, 0.3) is 0 Å². The second-order valence-corrected chi connectivity index (χ2v) is 8.08. The molecular weight excluding hydrogens is 322 g/mol. The minimum Gasteiger partial charge on any atom is -0.488 e. The van der Waals surface area contributed by atoms with Gasteiger partial charge >= 0.3 is 0 Å². The molecule has 0 spiro atoms. The molecule has 0 radical (unpaired) electrons. The Morgan fingerprint density at radius 3 is 2.75 bits per heavy atom. The second kappa shape index (κ2) is 5.73. The fourth-order valence-corrected chi connectivity index (χ4v) is 3.70. The molecule has 1 aliphatic heterocycles. The maximum Gasteiger partial charge on any atom is 0.214 e. The van der Waals surface area contributed by atoms with E-state index >= 15 is 0 Å². The third-order valence-corrected chi connectivity index (χ3v) is 5.15. The summed E-state index contributed by atoms with van der Waals surface area (Å²) in [5, 5.41) is 5.72. The summed E-state index contributed by atoms with van der Waals surface area (Å²) >= 11 is 1.64. The molecule has 6 nitrogen and oxygen atoms in total. The van der Waals surface area contributed by atoms with Crippen molar-refractivity contribution in [3.05, 3.63) is 36.4 Å². The van der Waals surface area contributed by atoms with Gasteiger partial charge in [-0.05, 0) is 12.1 Å². The Labute approximate surface area is 145 Å². The largest absolute Gasteiger partial charge is 0.488 e. The van der Waals surface area contributed by atoms with Crippen LogP contribution in [0.4, 0.5) is 5.13 Å². The molecule has 0 N–H and O–H groups in total. The van der Waals surface area contributed by atoms with Crippen molar-refractivity contribution in [2.45, 2.75) is 38.7 Å². The van der Waals surface area contributed by atoms with Gasteiger partial charge in [0.15, 0.2) is 0 Å². The van der Waals surface area contributed by atoms with E-state index in [2.05, 4.69) is 30.7 Å². The van der Waals surface area contributed by atoms with Crippen LogP contribution in [-0.4, -0.2) is 38.8 Å². The van der Waals surface area contributed by atoms with Crippen molar-refractivity contribution in [3.63, 3.8) is 0 Å². The molecule has 0 aliphatic carbocycles. The van der Waals surface area contributed by atoms with Crippen LogP contribution < -0.4 is 9.64 Å². The molecule has 126 valence electrons. The van der Waals surface area contributed by atoms with Crippen LogP contribution >= 0.6 is 11.3 Å². The minimum atomic E-state index is 0.0463. The maximum atomic E-state index is 6.02. The first kappa shape index (κ1) is 15.4. The van der Waals surface area contributed by atoms with E-state index < -0.39 is 0 Å². The summed E-state index contributed by atoms with van der Waals surface area (Å²) in [5.41, 5.74) is 1.12. The summed E-state index contributed by atoms with van der Waals surface area (Å²) in [4.78, 5) is 12.0. The molecular formula is C17H21N5OS. The summed E-state index contributed by atoms with van der Waals surface area (Å²) in [7, 11) is 0. The third kappa shape index (κ3) is 2.96. The summed E-state index contributed by atoms with van der Waals surface area (Å²) in [6, 6.07) is 3.79. The van der Waals surface area contributed by atoms with Gasteiger partial charge in [-0.1, -0.05) is 32.1 Å². The normalized spacial score (nSPS) is 18.5. The van der Waals surface area contributed by atoms with Gasteiger partial charge in [-0.2, -0.15) is 0 Å². The third-order valence-electron chi connectivity index (χ3n) is 4.17. The van der Waals surface area contributed by atoms with E-state index in [1.165, 1.54) is 0 Å². The summed E-state index contributed by atoms with van der Waals surface area (Å²) in [6.07, 6.45) is 6.73. The van der Waals surface area contributed by atoms with Crippen molar-refractivity contribution in [2.75, 3.05) is 18.0 Å². The number of nitrogens with zero attached hydrogens (tertiary/aromatic N) is 5. The molecule has 0 amide bonds. The second-order valence-electron chi connectivity index (χ2n) is 7.15. The number of anilines is 1. The summed E-state index contributed by atoms with van der Waals surface area (Å²) in [5.74, 6) is 0.876. The average molecular weight is 343 g/mol. The minimum absolute atomic E-state index is 0.0463. The van der Waals surface area contributed by atoms with E-state index in [-0.39, 0.29) is 11.5 Å². The van der Waals surface area contributed by atoms with Crippen LogP contribution in [0.2, 0.25) is 0 Å². The molecule has 0 saturated carbocycles. The lowest BCUT2D eigenvalue weighted by molar-refractivity contribution is 0.224. The van der Waals surface area contributed by atoms with Crippen molar-refractivity contribution in [1.82, 2.24) is 19.6 Å². The predicted octanol–water partition coefficient (Wildman–Crippen LogP) is 3.14. The highest BCUT2D eigenvalue weighted by Crippen LogP contribution is 2.30. The van der Waals surface area contributed by atoms with E-state index in [9.17, 15) is 0 Å². The highest BCUT2D eigenvalue weighted by molar-refractivity contribution is 7.20. The number of hydrogen-bond acceptors (Lipinski definition) is 6. The monoisotopic (exact) mass is 343 g/mol. The molecule has 24 heavy (non-hydrogen) atoms. The van der Waals surface area contributed by atoms with Crippen molar-refractivity contribution >= 4 is 21.4 Å². The lowest BCUT2D eigenvalue weighted by atomic mass is 9.93. The fraction of sp³-hybridized carbons (Fsp3) is 0.471. The van der Waals surface area contributed by atoms with Gasteiger partial charge in [0.05, 0.1) is 18.4 Å². The highest BCUT2D eigenvalue weighted by Gasteiger charge is 2.27. The van der Waals surface area contributed by atoms with Crippen molar-refractivity contribution in [2.24, 2.45) is 0 Å². The molecule has 0 aromatic carbocycles. The molecule has 1 fully saturated rings. The van der Waals surface area contributed by atoms with E-state index in [1.54, 1.807) is 23.7 Å². The number of aromatic nitrogens is 4. The van der Waals surface area contributed by atoms with Gasteiger partial charge in [0.2, 0.25) is 10.1 Å². The van der Waals surface area contributed by atoms with Crippen molar-refractivity contribution in [1.29, 1.82) is 0 Å². The van der Waals surface area contributed by atoms with Gasteiger partial charge in [-0.15, -0.1) is 5.10 Å². The Bertz CT molecular complexity index is 804. The lowest BCUT2D eigenvalue weighted by Crippen LogP contribution is -2.24. The summed E-state index contributed by atoms with van der Waals surface area (Å²) < 4.78 is 7.92. The number of imidazole rings is 1. The Balaban J connectivity index is 1.47. The quantitative estimate of drug-likeness (QED) is 0.731. The number of rotatable bonds is 3. The zero-order chi connectivity index (χ0) is 16.7. The summed E-state index contributed by atoms with van der Waals surface area (Å²) in [6.45, 7) is 8.31. The van der Waals surface area contributed by atoms with Crippen LogP contribution in [0.1, 0.15) is 32.9 Å². The lowest BCUT2D eigenvalue weighted by Gasteiger charge is -2.16. The Kier molecular flexibility index (Phi) is 3.68. The van der Waals surface area contributed by atoms with Crippen LogP contribution in [0.15, 0.2) is 30.7 Å². The molecule has 4 heterocycles. The number of pyridine rings is 1. The van der Waals surface area contributed by atoms with Gasteiger partial charge in [-0.3, -0.25) is 4.98 Å². The van der Waals surface area contributed by atoms with Crippen LogP contribution in [0, 0.1) is 0 Å². The van der Waals surface area contributed by atoms with Crippen LogP contribution in [0.25, 0.3) is 4.96 Å². The SMILES string of the molecule is CC(C)(C)c1cn2nc(N3CCC(Oc4ccncc4)C3)sc2n1. The topological polar surface area (TPSA) is 55.5 Å². The molecule has 1 unspecified atom stereocenters. The van der Waals surface area contributed by atoms with E-state index in [0.29, 0.717) is 0 Å². The van der Waals surface area contributed by atoms with E-state index in [4.69, 9.17) is 14.8 Å². The van der Waals surface area contributed by atoms with Crippen LogP contribution in [-0.2, 0) is 5.41 Å². The molecule has 1 aliphatic rings. The molecule has 3 aromatic rings. The number of ether oxygens (including phenoxy) is 1. The highest BCUT2D eigenvalue weighted by atomic mass is 32.1. The fourth-order valence-electron chi connectivity index (χ4n) is 2.79. The maximum absolute atomic E-state index is 6.02. The zero-order valence-corrected chi connectivity index (χ0v) is 15.0. The Morgan fingerprint density at radius 1 is 1.25 bits per heavy atom. The molecule has 1 saturated heterocycles. The standard InChI is InChI=1S/C17H21N5OS/c1-17(2,3)14-11-22-15(19-14)24-16(20-22)21-9-6-13(10-21)23-12-4-7-18-8-5-12/h4-5,7-8,11,13H,6,9-10H2,1-3H3. The molecule has 4 rings (SSSR count). The predicted molar refractivity (Wildman–Crippen MR) is 95.0 cm³/mol. The number of hydrogen-bond donors (Lipinski definition) is 0. The first-order chi connectivity index (χ1) is 11.5. The first-order valence-corrected chi connectivity index (χ1v) is 8.99. The van der Waals surface area contributed by atoms with Crippen molar-refractivity contribution in [3.8, 4) is 5.75 Å². The molecule has 3 aromatic heterocycles. The van der Waals surface area contributed by atoms with Gasteiger partial charge in [-0.25, -0.2) is 9.50 Å². The smallest absolute Gasteiger partial charge is 0.214 e. The molecule has 1 atom stereocenters. The molecule has 0 bridgehead atoms. The van der Waals surface area contributed by atoms with E-state index in [0.717, 1.165) is 41.0 Å². The Morgan fingerprint density at radius 2 is 2.04 bits per heavy atom. The number of fused-ring (bicyclic) bond motifs is 1. The average Bonchev–Trinajstić information content (AvgIpc) is 3.20. The van der Waals surface area contributed by atoms with Crippen LogP contribution in [0.5, 0.6) is 5.75 Å². The van der Waals surface area contributed by atoms with Crippen LogP contribution in [0.3, 0.4) is 0 Å². The van der Waals surface area contributed by atoms with Gasteiger partial charge < -0.3 is 9.64 Å².